The molecular weight excluding hydrogens is 264 g/mol. The van der Waals surface area contributed by atoms with E-state index in [9.17, 15) is 0 Å². The van der Waals surface area contributed by atoms with Crippen molar-refractivity contribution in [1.29, 1.82) is 0 Å². The van der Waals surface area contributed by atoms with Gasteiger partial charge in [0.15, 0.2) is 5.82 Å². The summed E-state index contributed by atoms with van der Waals surface area (Å²) in [5.41, 5.74) is 5.87. The minimum Gasteiger partial charge on any atom is -0.366 e. The molecular formula is C16H30N4O. The average molecular weight is 294 g/mol. The topological polar surface area (TPSA) is 66.0 Å². The summed E-state index contributed by atoms with van der Waals surface area (Å²) >= 11 is 0. The molecule has 0 saturated heterocycles. The maximum Gasteiger partial charge on any atom is 0.153 e. The molecule has 1 aromatic rings. The van der Waals surface area contributed by atoms with Gasteiger partial charge in [-0.2, -0.15) is 5.10 Å². The summed E-state index contributed by atoms with van der Waals surface area (Å²) in [6.07, 6.45) is 8.84. The minimum atomic E-state index is -0.155. The molecule has 120 valence electrons. The van der Waals surface area contributed by atoms with Crippen LogP contribution in [0.25, 0.3) is 0 Å². The molecule has 1 fully saturated rings. The standard InChI is InChI=1S/C16H30N4O/c1-4-5-14-6-8-16(11-17,9-7-14)21-10-15-18-12-19-20(15)13(2)3/h12-14H,4-11,17H2,1-3H3. The first-order valence-corrected chi connectivity index (χ1v) is 8.32. The summed E-state index contributed by atoms with van der Waals surface area (Å²) in [5, 5.41) is 4.26. The van der Waals surface area contributed by atoms with Crippen LogP contribution in [0, 0.1) is 5.92 Å². The second-order valence-electron chi connectivity index (χ2n) is 6.62. The van der Waals surface area contributed by atoms with Gasteiger partial charge in [0.25, 0.3) is 0 Å². The lowest BCUT2D eigenvalue weighted by atomic mass is 9.77. The van der Waals surface area contributed by atoms with E-state index >= 15 is 0 Å². The van der Waals surface area contributed by atoms with Crippen molar-refractivity contribution >= 4 is 0 Å². The van der Waals surface area contributed by atoms with Crippen molar-refractivity contribution in [1.82, 2.24) is 14.8 Å². The van der Waals surface area contributed by atoms with Gasteiger partial charge in [0, 0.05) is 12.6 Å². The SMILES string of the molecule is CCCC1CCC(CN)(OCc2ncnn2C(C)C)CC1. The third-order valence-corrected chi connectivity index (χ3v) is 4.73. The van der Waals surface area contributed by atoms with Gasteiger partial charge < -0.3 is 10.5 Å². The Morgan fingerprint density at radius 1 is 1.43 bits per heavy atom. The van der Waals surface area contributed by atoms with Gasteiger partial charge in [-0.1, -0.05) is 19.8 Å². The molecule has 0 atom stereocenters. The van der Waals surface area contributed by atoms with Gasteiger partial charge in [-0.3, -0.25) is 0 Å². The summed E-state index contributed by atoms with van der Waals surface area (Å²) in [7, 11) is 0. The zero-order valence-electron chi connectivity index (χ0n) is 13.7. The molecule has 1 aliphatic carbocycles. The third-order valence-electron chi connectivity index (χ3n) is 4.73. The summed E-state index contributed by atoms with van der Waals surface area (Å²) in [5.74, 6) is 1.76. The lowest BCUT2D eigenvalue weighted by Gasteiger charge is -2.39. The number of aromatic nitrogens is 3. The van der Waals surface area contributed by atoms with Crippen molar-refractivity contribution in [2.45, 2.75) is 77.5 Å². The number of hydrogen-bond acceptors (Lipinski definition) is 4. The molecule has 0 spiro atoms. The maximum absolute atomic E-state index is 6.23. The smallest absolute Gasteiger partial charge is 0.153 e. The van der Waals surface area contributed by atoms with Gasteiger partial charge in [-0.15, -0.1) is 0 Å². The fourth-order valence-corrected chi connectivity index (χ4v) is 3.33. The Balaban J connectivity index is 1.92. The molecule has 0 aromatic carbocycles. The van der Waals surface area contributed by atoms with E-state index in [0.29, 0.717) is 19.2 Å². The number of nitrogens with two attached hydrogens (primary N) is 1. The van der Waals surface area contributed by atoms with Crippen LogP contribution in [0.1, 0.15) is 71.2 Å². The summed E-state index contributed by atoms with van der Waals surface area (Å²) in [6, 6.07) is 0.306. The minimum absolute atomic E-state index is 0.155. The predicted molar refractivity (Wildman–Crippen MR) is 83.8 cm³/mol. The number of rotatable bonds is 7. The Hall–Kier alpha value is -0.940. The normalized spacial score (nSPS) is 26.4. The van der Waals surface area contributed by atoms with Gasteiger partial charge in [0.2, 0.25) is 0 Å². The Kier molecular flexibility index (Phi) is 5.76. The highest BCUT2D eigenvalue weighted by Crippen LogP contribution is 2.36. The van der Waals surface area contributed by atoms with Gasteiger partial charge >= 0.3 is 0 Å². The van der Waals surface area contributed by atoms with E-state index in [1.807, 2.05) is 4.68 Å². The van der Waals surface area contributed by atoms with Gasteiger partial charge in [-0.25, -0.2) is 9.67 Å². The second-order valence-corrected chi connectivity index (χ2v) is 6.62. The van der Waals surface area contributed by atoms with E-state index in [1.165, 1.54) is 25.7 Å². The van der Waals surface area contributed by atoms with Crippen molar-refractivity contribution in [2.75, 3.05) is 6.54 Å². The number of nitrogens with zero attached hydrogens (tertiary/aromatic N) is 3. The van der Waals surface area contributed by atoms with Gasteiger partial charge in [-0.05, 0) is 45.4 Å². The zero-order chi connectivity index (χ0) is 15.3. The molecule has 0 bridgehead atoms. The van der Waals surface area contributed by atoms with Crippen LogP contribution in [0.15, 0.2) is 6.33 Å². The summed E-state index contributed by atoms with van der Waals surface area (Å²) < 4.78 is 8.16. The Morgan fingerprint density at radius 3 is 2.71 bits per heavy atom. The largest absolute Gasteiger partial charge is 0.366 e. The lowest BCUT2D eigenvalue weighted by Crippen LogP contribution is -2.44. The fraction of sp³-hybridized carbons (Fsp3) is 0.875. The third kappa shape index (κ3) is 4.04. The van der Waals surface area contributed by atoms with E-state index in [1.54, 1.807) is 6.33 Å². The molecule has 0 unspecified atom stereocenters. The van der Waals surface area contributed by atoms with Crippen molar-refractivity contribution in [2.24, 2.45) is 11.7 Å². The highest BCUT2D eigenvalue weighted by molar-refractivity contribution is 4.91. The molecule has 0 amide bonds. The molecule has 2 N–H and O–H groups in total. The van der Waals surface area contributed by atoms with Crippen LogP contribution in [-0.4, -0.2) is 26.9 Å². The average Bonchev–Trinajstić information content (AvgIpc) is 2.96. The molecule has 5 heteroatoms. The molecule has 5 nitrogen and oxygen atoms in total. The van der Waals surface area contributed by atoms with Crippen molar-refractivity contribution in [3.63, 3.8) is 0 Å². The highest BCUT2D eigenvalue weighted by Gasteiger charge is 2.35. The molecule has 0 aliphatic heterocycles. The van der Waals surface area contributed by atoms with E-state index in [2.05, 4.69) is 30.9 Å². The van der Waals surface area contributed by atoms with Crippen molar-refractivity contribution in [3.8, 4) is 0 Å². The van der Waals surface area contributed by atoms with Crippen LogP contribution in [0.3, 0.4) is 0 Å². The Bertz CT molecular complexity index is 422. The van der Waals surface area contributed by atoms with E-state index < -0.39 is 0 Å². The predicted octanol–water partition coefficient (Wildman–Crippen LogP) is 3.06. The molecule has 2 rings (SSSR count). The molecule has 1 saturated carbocycles. The first-order valence-electron chi connectivity index (χ1n) is 8.32. The zero-order valence-corrected chi connectivity index (χ0v) is 13.7. The highest BCUT2D eigenvalue weighted by atomic mass is 16.5. The second kappa shape index (κ2) is 7.36. The number of ether oxygens (including phenoxy) is 1. The van der Waals surface area contributed by atoms with E-state index in [4.69, 9.17) is 10.5 Å². The van der Waals surface area contributed by atoms with Crippen LogP contribution in [0.5, 0.6) is 0 Å². The fourth-order valence-electron chi connectivity index (χ4n) is 3.33. The molecule has 1 aliphatic rings. The molecule has 0 radical (unpaired) electrons. The first-order chi connectivity index (χ1) is 10.1. The van der Waals surface area contributed by atoms with Crippen LogP contribution in [-0.2, 0) is 11.3 Å². The molecule has 1 aromatic heterocycles. The summed E-state index contributed by atoms with van der Waals surface area (Å²) in [4.78, 5) is 4.32. The Labute approximate surface area is 128 Å². The van der Waals surface area contributed by atoms with Crippen LogP contribution in [0.4, 0.5) is 0 Å². The van der Waals surface area contributed by atoms with Gasteiger partial charge in [0.05, 0.1) is 5.60 Å². The van der Waals surface area contributed by atoms with Crippen LogP contribution >= 0.6 is 0 Å². The van der Waals surface area contributed by atoms with E-state index in [0.717, 1.165) is 24.6 Å². The molecule has 21 heavy (non-hydrogen) atoms. The quantitative estimate of drug-likeness (QED) is 0.839. The first kappa shape index (κ1) is 16.4. The van der Waals surface area contributed by atoms with Crippen molar-refractivity contribution in [3.05, 3.63) is 12.2 Å². The Morgan fingerprint density at radius 2 is 2.14 bits per heavy atom. The van der Waals surface area contributed by atoms with Gasteiger partial charge in [0.1, 0.15) is 12.9 Å². The van der Waals surface area contributed by atoms with Crippen LogP contribution in [0.2, 0.25) is 0 Å². The van der Waals surface area contributed by atoms with Crippen LogP contribution < -0.4 is 5.73 Å². The summed E-state index contributed by atoms with van der Waals surface area (Å²) in [6.45, 7) is 7.58. The van der Waals surface area contributed by atoms with E-state index in [-0.39, 0.29) is 5.60 Å². The number of hydrogen-bond donors (Lipinski definition) is 1. The van der Waals surface area contributed by atoms with Crippen molar-refractivity contribution < 1.29 is 4.74 Å². The maximum atomic E-state index is 6.23. The molecule has 1 heterocycles. The monoisotopic (exact) mass is 294 g/mol. The lowest BCUT2D eigenvalue weighted by molar-refractivity contribution is -0.0848.